The Morgan fingerprint density at radius 3 is 2.55 bits per heavy atom. The number of H-pyrrole nitrogens is 1. The number of anilines is 1. The molecule has 1 fully saturated rings. The summed E-state index contributed by atoms with van der Waals surface area (Å²) < 4.78 is 25.3. The van der Waals surface area contributed by atoms with E-state index >= 15 is 0 Å². The van der Waals surface area contributed by atoms with Crippen LogP contribution < -0.4 is 10.9 Å². The summed E-state index contributed by atoms with van der Waals surface area (Å²) in [4.78, 5) is 67.1. The lowest BCUT2D eigenvalue weighted by molar-refractivity contribution is -0.182. The monoisotopic (exact) mass is 690 g/mol. The zero-order chi connectivity index (χ0) is 35.5. The lowest BCUT2D eigenvalue weighted by Gasteiger charge is -2.33. The molecule has 4 aromatic rings. The van der Waals surface area contributed by atoms with Gasteiger partial charge in [-0.1, -0.05) is 30.2 Å². The van der Waals surface area contributed by atoms with Gasteiger partial charge in [-0.25, -0.2) is 9.78 Å². The number of hydrogen-bond donors (Lipinski definition) is 2. The van der Waals surface area contributed by atoms with Crippen molar-refractivity contribution in [2.45, 2.75) is 58.2 Å². The van der Waals surface area contributed by atoms with Crippen molar-refractivity contribution < 1.29 is 33.3 Å². The number of terminal acetylenes is 1. The van der Waals surface area contributed by atoms with Crippen LogP contribution in [0.15, 0.2) is 53.7 Å². The number of fused-ring (bicyclic) bond motifs is 1. The van der Waals surface area contributed by atoms with Crippen LogP contribution in [0.3, 0.4) is 0 Å². The Morgan fingerprint density at radius 2 is 1.94 bits per heavy atom. The molecule has 49 heavy (non-hydrogen) atoms. The summed E-state index contributed by atoms with van der Waals surface area (Å²) in [6.07, 6.45) is 5.68. The fourth-order valence-electron chi connectivity index (χ4n) is 5.83. The average Bonchev–Trinajstić information content (AvgIpc) is 3.61. The second kappa shape index (κ2) is 14.2. The second-order valence-electron chi connectivity index (χ2n) is 11.6. The highest BCUT2D eigenvalue weighted by atomic mass is 35.5. The summed E-state index contributed by atoms with van der Waals surface area (Å²) in [6.45, 7) is 5.34. The Kier molecular flexibility index (Phi) is 10.2. The van der Waals surface area contributed by atoms with E-state index in [2.05, 4.69) is 31.2 Å². The number of pyridine rings is 1. The fraction of sp³-hybridized carbons (Fsp3) is 0.382. The first-order valence-electron chi connectivity index (χ1n) is 15.4. The minimum atomic E-state index is -2.10. The molecule has 0 amide bonds. The minimum absolute atomic E-state index is 0.0156. The van der Waals surface area contributed by atoms with Gasteiger partial charge in [0.25, 0.3) is 5.56 Å². The van der Waals surface area contributed by atoms with Crippen molar-refractivity contribution in [3.63, 3.8) is 0 Å². The number of carbonyl (C=O) groups excluding carboxylic acids is 3. The molecule has 3 aromatic heterocycles. The zero-order valence-corrected chi connectivity index (χ0v) is 28.2. The van der Waals surface area contributed by atoms with E-state index in [-0.39, 0.29) is 36.1 Å². The molecule has 1 saturated heterocycles. The summed E-state index contributed by atoms with van der Waals surface area (Å²) >= 11 is 6.20. The molecule has 0 radical (unpaired) electrons. The molecule has 0 spiro atoms. The average molecular weight is 691 g/mol. The van der Waals surface area contributed by atoms with Gasteiger partial charge in [0.05, 0.1) is 25.0 Å². The van der Waals surface area contributed by atoms with Crippen molar-refractivity contribution in [2.24, 2.45) is 5.41 Å². The van der Waals surface area contributed by atoms with Crippen molar-refractivity contribution in [3.8, 4) is 23.5 Å². The second-order valence-corrected chi connectivity index (χ2v) is 11.9. The number of benzene rings is 1. The number of imidazole rings is 1. The van der Waals surface area contributed by atoms with E-state index in [1.165, 1.54) is 30.9 Å². The number of hydrogen-bond acceptors (Lipinski definition) is 12. The Hall–Kier alpha value is -5.10. The normalized spacial score (nSPS) is 21.4. The Labute approximate surface area is 286 Å². The smallest absolute Gasteiger partial charge is 0.346 e. The molecule has 14 nitrogen and oxygen atoms in total. The van der Waals surface area contributed by atoms with Crippen LogP contribution in [-0.2, 0) is 39.8 Å². The maximum atomic E-state index is 13.6. The van der Waals surface area contributed by atoms with Gasteiger partial charge in [-0.3, -0.25) is 19.0 Å². The number of halogens is 1. The number of rotatable bonds is 12. The topological polar surface area (TPSA) is 177 Å². The molecule has 0 aliphatic carbocycles. The van der Waals surface area contributed by atoms with Gasteiger partial charge in [0.15, 0.2) is 35.1 Å². The molecule has 2 N–H and O–H groups in total. The van der Waals surface area contributed by atoms with Gasteiger partial charge in [-0.15, -0.1) is 6.42 Å². The van der Waals surface area contributed by atoms with E-state index < -0.39 is 47.2 Å². The van der Waals surface area contributed by atoms with Crippen LogP contribution in [0.4, 0.5) is 5.82 Å². The van der Waals surface area contributed by atoms with Gasteiger partial charge in [0.2, 0.25) is 10.9 Å². The highest BCUT2D eigenvalue weighted by Crippen LogP contribution is 2.46. The van der Waals surface area contributed by atoms with Crippen LogP contribution in [0.25, 0.3) is 22.3 Å². The Bertz CT molecular complexity index is 1990. The van der Waals surface area contributed by atoms with Gasteiger partial charge in [-0.2, -0.15) is 9.97 Å². The molecule has 5 atom stereocenters. The molecular formula is C34H35ClN6O8. The number of aromatic nitrogens is 5. The molecule has 5 rings (SSSR count). The highest BCUT2D eigenvalue weighted by molar-refractivity contribution is 6.28. The summed E-state index contributed by atoms with van der Waals surface area (Å²) in [5.74, 6) is 0.922. The third-order valence-corrected chi connectivity index (χ3v) is 8.69. The molecule has 1 aliphatic rings. The molecular weight excluding hydrogens is 656 g/mol. The van der Waals surface area contributed by atoms with Crippen molar-refractivity contribution in [3.05, 3.63) is 70.1 Å². The molecule has 256 valence electrons. The highest BCUT2D eigenvalue weighted by Gasteiger charge is 2.58. The maximum Gasteiger partial charge on any atom is 0.346 e. The molecule has 1 aromatic carbocycles. The van der Waals surface area contributed by atoms with E-state index in [1.807, 2.05) is 0 Å². The van der Waals surface area contributed by atoms with Crippen LogP contribution >= 0.6 is 11.6 Å². The lowest BCUT2D eigenvalue weighted by Crippen LogP contribution is -2.53. The molecule has 15 heteroatoms. The number of ketones is 1. The van der Waals surface area contributed by atoms with Gasteiger partial charge < -0.3 is 29.2 Å². The number of aromatic amines is 1. The van der Waals surface area contributed by atoms with E-state index in [0.29, 0.717) is 28.0 Å². The van der Waals surface area contributed by atoms with Gasteiger partial charge in [-0.05, 0) is 55.6 Å². The van der Waals surface area contributed by atoms with Crippen LogP contribution in [0.5, 0.6) is 0 Å². The summed E-state index contributed by atoms with van der Waals surface area (Å²) in [5, 5.41) is 2.85. The van der Waals surface area contributed by atoms with E-state index in [1.54, 1.807) is 57.3 Å². The van der Waals surface area contributed by atoms with E-state index in [0.717, 1.165) is 0 Å². The van der Waals surface area contributed by atoms with E-state index in [9.17, 15) is 19.2 Å². The SMILES string of the molecule is C#C[C@@]1(C)[C@@H](COC(Cc2ccc(-c3ccc[nH]c3=O)cc2)(C(C)=O)C(=O)OCC)O[C@@H](n2cnc3c(NC)nc(Cl)nc32)[C@@H]1OC(C)=O. The number of ether oxygens (including phenoxy) is 4. The minimum Gasteiger partial charge on any atom is -0.463 e. The molecule has 0 bridgehead atoms. The van der Waals surface area contributed by atoms with Crippen LogP contribution in [0.2, 0.25) is 5.28 Å². The third-order valence-electron chi connectivity index (χ3n) is 8.52. The summed E-state index contributed by atoms with van der Waals surface area (Å²) in [5.41, 5.74) is -1.39. The summed E-state index contributed by atoms with van der Waals surface area (Å²) in [6, 6.07) is 10.2. The third kappa shape index (κ3) is 6.65. The standard InChI is InChI=1S/C34H35ClN6O8/c1-7-33(5)24(49-30(26(33)48-20(4)43)41-18-38-25-27(36-6)39-32(35)40-28(25)41)17-47-34(19(3)42,31(45)46-8-2)16-21-11-13-22(14-12-21)23-10-9-15-37-29(23)44/h1,9-15,18,24,26,30H,8,16-17H2,2-6H3,(H,37,44)(H,36,39,40)/t24-,26+,30-,33+,34?/m1/s1. The predicted octanol–water partition coefficient (Wildman–Crippen LogP) is 3.50. The van der Waals surface area contributed by atoms with Crippen LogP contribution in [0, 0.1) is 17.8 Å². The summed E-state index contributed by atoms with van der Waals surface area (Å²) in [7, 11) is 1.65. The Balaban J connectivity index is 1.50. The van der Waals surface area contributed by atoms with Crippen LogP contribution in [-0.4, -0.2) is 80.3 Å². The molecule has 1 aliphatic heterocycles. The van der Waals surface area contributed by atoms with Crippen LogP contribution in [0.1, 0.15) is 39.5 Å². The number of esters is 2. The van der Waals surface area contributed by atoms with E-state index in [4.69, 9.17) is 37.0 Å². The zero-order valence-electron chi connectivity index (χ0n) is 27.5. The van der Waals surface area contributed by atoms with Gasteiger partial charge >= 0.3 is 11.9 Å². The number of nitrogens with zero attached hydrogens (tertiary/aromatic N) is 4. The first kappa shape index (κ1) is 35.2. The number of nitrogens with one attached hydrogen (secondary N) is 2. The molecule has 0 saturated carbocycles. The predicted molar refractivity (Wildman–Crippen MR) is 178 cm³/mol. The fourth-order valence-corrected chi connectivity index (χ4v) is 5.99. The van der Waals surface area contributed by atoms with Crippen molar-refractivity contribution in [2.75, 3.05) is 25.6 Å². The van der Waals surface area contributed by atoms with Crippen molar-refractivity contribution in [1.82, 2.24) is 24.5 Å². The number of Topliss-reactive ketones (excluding diaryl/α,β-unsaturated/α-hetero) is 1. The van der Waals surface area contributed by atoms with Crippen molar-refractivity contribution >= 4 is 46.3 Å². The first-order valence-corrected chi connectivity index (χ1v) is 15.7. The van der Waals surface area contributed by atoms with Crippen molar-refractivity contribution in [1.29, 1.82) is 0 Å². The lowest BCUT2D eigenvalue weighted by atomic mass is 9.81. The van der Waals surface area contributed by atoms with Gasteiger partial charge in [0, 0.05) is 32.2 Å². The molecule has 1 unspecified atom stereocenters. The largest absolute Gasteiger partial charge is 0.463 e. The van der Waals surface area contributed by atoms with Gasteiger partial charge in [0.1, 0.15) is 6.10 Å². The Morgan fingerprint density at radius 1 is 1.20 bits per heavy atom. The quantitative estimate of drug-likeness (QED) is 0.0959. The number of carbonyl (C=O) groups is 3. The first-order chi connectivity index (χ1) is 23.4. The molecule has 4 heterocycles. The maximum absolute atomic E-state index is 13.6.